The maximum Gasteiger partial charge on any atom is 0.315 e. The van der Waals surface area contributed by atoms with E-state index in [1.165, 1.54) is 0 Å². The molecule has 0 aromatic carbocycles. The van der Waals surface area contributed by atoms with Gasteiger partial charge in [-0.2, -0.15) is 11.8 Å². The number of urea groups is 1. The zero-order valence-electron chi connectivity index (χ0n) is 15.7. The maximum atomic E-state index is 13.0. The largest absolute Gasteiger partial charge is 0.332 e. The second kappa shape index (κ2) is 7.41. The Bertz CT molecular complexity index is 806. The summed E-state index contributed by atoms with van der Waals surface area (Å²) in [5.74, 6) is 1.26. The van der Waals surface area contributed by atoms with Crippen LogP contribution in [0.4, 0.5) is 4.79 Å². The van der Waals surface area contributed by atoms with Gasteiger partial charge in [-0.15, -0.1) is 0 Å². The van der Waals surface area contributed by atoms with Crippen LogP contribution in [0.15, 0.2) is 12.3 Å². The van der Waals surface area contributed by atoms with Gasteiger partial charge in [-0.3, -0.25) is 9.78 Å². The van der Waals surface area contributed by atoms with Crippen LogP contribution in [-0.4, -0.2) is 51.0 Å². The van der Waals surface area contributed by atoms with Gasteiger partial charge < -0.3 is 15.5 Å². The van der Waals surface area contributed by atoms with Crippen molar-refractivity contribution in [3.8, 4) is 0 Å². The zero-order valence-corrected chi connectivity index (χ0v) is 17.3. The van der Waals surface area contributed by atoms with E-state index in [1.807, 2.05) is 17.8 Å². The van der Waals surface area contributed by atoms with Crippen LogP contribution < -0.4 is 10.6 Å². The highest BCUT2D eigenvalue weighted by atomic mass is 35.5. The van der Waals surface area contributed by atoms with Crippen LogP contribution >= 0.6 is 23.4 Å². The Hall–Kier alpha value is -1.47. The number of hydrogen-bond donors (Lipinski definition) is 2. The maximum absolute atomic E-state index is 13.0. The number of nitrogens with one attached hydrogen (secondary N) is 2. The molecule has 28 heavy (non-hydrogen) atoms. The number of halogens is 1. The molecule has 5 unspecified atom stereocenters. The van der Waals surface area contributed by atoms with Gasteiger partial charge in [-0.25, -0.2) is 4.79 Å². The normalized spacial score (nSPS) is 32.7. The summed E-state index contributed by atoms with van der Waals surface area (Å²) in [6.07, 6.45) is 8.22. The minimum Gasteiger partial charge on any atom is -0.332 e. The highest BCUT2D eigenvalue weighted by Crippen LogP contribution is 2.44. The van der Waals surface area contributed by atoms with E-state index in [0.717, 1.165) is 55.5 Å². The van der Waals surface area contributed by atoms with E-state index in [0.29, 0.717) is 22.7 Å². The third-order valence-corrected chi connectivity index (χ3v) is 8.33. The van der Waals surface area contributed by atoms with Crippen LogP contribution in [0.2, 0.25) is 5.02 Å². The Morgan fingerprint density at radius 3 is 3.11 bits per heavy atom. The van der Waals surface area contributed by atoms with Crippen molar-refractivity contribution in [3.63, 3.8) is 0 Å². The van der Waals surface area contributed by atoms with Gasteiger partial charge in [-0.05, 0) is 37.3 Å². The number of hydrogen-bond acceptors (Lipinski definition) is 4. The Balaban J connectivity index is 1.14. The average molecular weight is 421 g/mol. The molecule has 150 valence electrons. The number of unbranched alkanes of at least 4 members (excludes halogenated alkanes) is 1. The van der Waals surface area contributed by atoms with Crippen LogP contribution in [-0.2, 0) is 11.2 Å². The number of carbonyl (C=O) groups is 2. The molecule has 3 saturated heterocycles. The van der Waals surface area contributed by atoms with Crippen molar-refractivity contribution in [2.75, 3.05) is 5.75 Å². The molecule has 1 aromatic rings. The molecule has 5 heterocycles. The predicted molar refractivity (Wildman–Crippen MR) is 110 cm³/mol. The van der Waals surface area contributed by atoms with Crippen molar-refractivity contribution in [2.24, 2.45) is 0 Å². The Kier molecular flexibility index (Phi) is 4.91. The molecule has 2 bridgehead atoms. The van der Waals surface area contributed by atoms with Crippen LogP contribution in [0.25, 0.3) is 0 Å². The molecular formula is C20H25ClN4O2S. The zero-order chi connectivity index (χ0) is 19.3. The monoisotopic (exact) mass is 420 g/mol. The second-order valence-corrected chi connectivity index (χ2v) is 10.0. The first-order valence-corrected chi connectivity index (χ1v) is 11.7. The van der Waals surface area contributed by atoms with E-state index in [9.17, 15) is 9.59 Å². The lowest BCUT2D eigenvalue weighted by atomic mass is 9.97. The molecule has 8 heteroatoms. The fourth-order valence-electron chi connectivity index (χ4n) is 5.33. The summed E-state index contributed by atoms with van der Waals surface area (Å²) < 4.78 is 0. The molecule has 2 N–H and O–H groups in total. The molecule has 4 aliphatic rings. The van der Waals surface area contributed by atoms with Gasteiger partial charge in [0.05, 0.1) is 23.1 Å². The Morgan fingerprint density at radius 1 is 1.32 bits per heavy atom. The van der Waals surface area contributed by atoms with E-state index in [1.54, 1.807) is 6.20 Å². The number of nitrogens with zero attached hydrogens (tertiary/aromatic N) is 2. The molecule has 0 aliphatic carbocycles. The SMILES string of the molecule is O=C1NC2CSC(CCCCC(=O)N3C4CCC3c3cc(Cl)cnc3C4)C2N1. The van der Waals surface area contributed by atoms with Crippen molar-refractivity contribution in [2.45, 2.75) is 74.4 Å². The van der Waals surface area contributed by atoms with E-state index in [4.69, 9.17) is 11.6 Å². The summed E-state index contributed by atoms with van der Waals surface area (Å²) in [6, 6.07) is 2.93. The molecule has 0 radical (unpaired) electrons. The molecule has 1 aromatic heterocycles. The van der Waals surface area contributed by atoms with Gasteiger partial charge in [0, 0.05) is 41.8 Å². The molecule has 5 rings (SSSR count). The Morgan fingerprint density at radius 2 is 2.21 bits per heavy atom. The quantitative estimate of drug-likeness (QED) is 0.567. The van der Waals surface area contributed by atoms with Gasteiger partial charge >= 0.3 is 6.03 Å². The van der Waals surface area contributed by atoms with Gasteiger partial charge in [0.2, 0.25) is 5.91 Å². The molecule has 4 aliphatic heterocycles. The lowest BCUT2D eigenvalue weighted by Crippen LogP contribution is -2.42. The van der Waals surface area contributed by atoms with Crippen molar-refractivity contribution in [1.29, 1.82) is 0 Å². The first-order valence-electron chi connectivity index (χ1n) is 10.2. The fraction of sp³-hybridized carbons (Fsp3) is 0.650. The van der Waals surface area contributed by atoms with Crippen LogP contribution in [0.5, 0.6) is 0 Å². The van der Waals surface area contributed by atoms with E-state index in [2.05, 4.69) is 20.5 Å². The van der Waals surface area contributed by atoms with Gasteiger partial charge in [0.15, 0.2) is 0 Å². The first-order chi connectivity index (χ1) is 13.6. The fourth-order valence-corrected chi connectivity index (χ4v) is 7.04. The molecule has 3 amide bonds. The minimum absolute atomic E-state index is 0.0362. The third kappa shape index (κ3) is 3.26. The highest BCUT2D eigenvalue weighted by Gasteiger charge is 2.44. The smallest absolute Gasteiger partial charge is 0.315 e. The number of amides is 3. The van der Waals surface area contributed by atoms with Gasteiger partial charge in [-0.1, -0.05) is 18.0 Å². The second-order valence-electron chi connectivity index (χ2n) is 8.31. The molecule has 5 atom stereocenters. The summed E-state index contributed by atoms with van der Waals surface area (Å²) in [6.45, 7) is 0. The van der Waals surface area contributed by atoms with Crippen molar-refractivity contribution in [3.05, 3.63) is 28.5 Å². The number of thioether (sulfide) groups is 1. The van der Waals surface area contributed by atoms with Crippen LogP contribution in [0.1, 0.15) is 55.8 Å². The number of fused-ring (bicyclic) bond motifs is 5. The summed E-state index contributed by atoms with van der Waals surface area (Å²) >= 11 is 8.09. The number of carbonyl (C=O) groups excluding carboxylic acids is 2. The van der Waals surface area contributed by atoms with E-state index < -0.39 is 0 Å². The Labute approximate surface area is 174 Å². The third-order valence-electron chi connectivity index (χ3n) is 6.62. The molecule has 6 nitrogen and oxygen atoms in total. The van der Waals surface area contributed by atoms with Crippen molar-refractivity contribution < 1.29 is 9.59 Å². The predicted octanol–water partition coefficient (Wildman–Crippen LogP) is 3.05. The van der Waals surface area contributed by atoms with E-state index >= 15 is 0 Å². The lowest BCUT2D eigenvalue weighted by molar-refractivity contribution is -0.134. The van der Waals surface area contributed by atoms with Crippen LogP contribution in [0.3, 0.4) is 0 Å². The average Bonchev–Trinajstić information content (AvgIpc) is 3.32. The van der Waals surface area contributed by atoms with Gasteiger partial charge in [0.1, 0.15) is 0 Å². The number of aromatic nitrogens is 1. The van der Waals surface area contributed by atoms with Crippen LogP contribution in [0, 0.1) is 0 Å². The molecule has 3 fully saturated rings. The summed E-state index contributed by atoms with van der Waals surface area (Å²) in [5.41, 5.74) is 2.26. The topological polar surface area (TPSA) is 74.3 Å². The van der Waals surface area contributed by atoms with E-state index in [-0.39, 0.29) is 30.1 Å². The number of rotatable bonds is 5. The first kappa shape index (κ1) is 18.6. The lowest BCUT2D eigenvalue weighted by Gasteiger charge is -2.36. The highest BCUT2D eigenvalue weighted by molar-refractivity contribution is 8.00. The van der Waals surface area contributed by atoms with Crippen molar-refractivity contribution >= 4 is 35.3 Å². The molecule has 0 spiro atoms. The standard InChI is InChI=1S/C20H25ClN4O2S/c21-11-7-13-14(22-9-11)8-12-5-6-16(13)25(12)18(26)4-2-1-3-17-19-15(10-28-17)23-20(27)24-19/h7,9,12,15-17,19H,1-6,8,10H2,(H2,23,24,27). The summed E-state index contributed by atoms with van der Waals surface area (Å²) in [7, 11) is 0. The minimum atomic E-state index is -0.0362. The summed E-state index contributed by atoms with van der Waals surface area (Å²) in [4.78, 5) is 31.1. The summed E-state index contributed by atoms with van der Waals surface area (Å²) in [5, 5.41) is 7.13. The van der Waals surface area contributed by atoms with Gasteiger partial charge in [0.25, 0.3) is 0 Å². The van der Waals surface area contributed by atoms with Crippen molar-refractivity contribution in [1.82, 2.24) is 20.5 Å². The molecule has 0 saturated carbocycles. The number of pyridine rings is 1. The molecular weight excluding hydrogens is 396 g/mol.